The zero-order valence-electron chi connectivity index (χ0n) is 15.4. The van der Waals surface area contributed by atoms with E-state index in [0.29, 0.717) is 30.9 Å². The molecule has 1 aromatic heterocycles. The molecule has 2 heterocycles. The van der Waals surface area contributed by atoms with Gasteiger partial charge in [0.2, 0.25) is 5.91 Å². The van der Waals surface area contributed by atoms with Crippen molar-refractivity contribution >= 4 is 15.7 Å². The molecule has 0 bridgehead atoms. The highest BCUT2D eigenvalue weighted by atomic mass is 32.2. The van der Waals surface area contributed by atoms with Crippen LogP contribution in [0.5, 0.6) is 0 Å². The van der Waals surface area contributed by atoms with Crippen LogP contribution >= 0.6 is 0 Å². The summed E-state index contributed by atoms with van der Waals surface area (Å²) in [6, 6.07) is 5.26. The van der Waals surface area contributed by atoms with E-state index in [-0.39, 0.29) is 11.4 Å². The molecular formula is C16H19F3N6O3S. The molecule has 0 radical (unpaired) electrons. The molecule has 3 rings (SSSR count). The second kappa shape index (κ2) is 8.06. The predicted octanol–water partition coefficient (Wildman–Crippen LogP) is 0.709. The van der Waals surface area contributed by atoms with E-state index in [1.807, 2.05) is 5.32 Å². The molecule has 29 heavy (non-hydrogen) atoms. The Hall–Kier alpha value is -2.54. The predicted molar refractivity (Wildman–Crippen MR) is 94.8 cm³/mol. The van der Waals surface area contributed by atoms with Gasteiger partial charge in [-0.2, -0.15) is 17.9 Å². The van der Waals surface area contributed by atoms with Crippen LogP contribution in [0.2, 0.25) is 0 Å². The van der Waals surface area contributed by atoms with Crippen LogP contribution in [0.1, 0.15) is 18.7 Å². The average Bonchev–Trinajstić information content (AvgIpc) is 3.28. The summed E-state index contributed by atoms with van der Waals surface area (Å²) >= 11 is 0. The van der Waals surface area contributed by atoms with Crippen molar-refractivity contribution in [2.45, 2.75) is 36.5 Å². The van der Waals surface area contributed by atoms with Crippen molar-refractivity contribution in [3.63, 3.8) is 0 Å². The highest BCUT2D eigenvalue weighted by molar-refractivity contribution is 7.90. The quantitative estimate of drug-likeness (QED) is 0.716. The number of carbonyl (C=O) groups excluding carboxylic acids is 1. The smallest absolute Gasteiger partial charge is 0.346 e. The summed E-state index contributed by atoms with van der Waals surface area (Å²) in [4.78, 5) is 14.0. The van der Waals surface area contributed by atoms with E-state index in [1.54, 1.807) is 17.0 Å². The summed E-state index contributed by atoms with van der Waals surface area (Å²) in [6.07, 6.45) is -2.27. The van der Waals surface area contributed by atoms with Crippen LogP contribution in [0.4, 0.5) is 13.2 Å². The van der Waals surface area contributed by atoms with E-state index in [9.17, 15) is 26.4 Å². The Morgan fingerprint density at radius 2 is 1.97 bits per heavy atom. The maximum atomic E-state index is 12.4. The molecule has 1 saturated heterocycles. The number of alkyl halides is 3. The highest BCUT2D eigenvalue weighted by Crippen LogP contribution is 2.21. The lowest BCUT2D eigenvalue weighted by molar-refractivity contribution is -0.141. The molecule has 1 N–H and O–H groups in total. The molecule has 1 unspecified atom stereocenters. The van der Waals surface area contributed by atoms with Crippen molar-refractivity contribution in [1.82, 2.24) is 30.4 Å². The fourth-order valence-electron chi connectivity index (χ4n) is 3.14. The summed E-state index contributed by atoms with van der Waals surface area (Å²) < 4.78 is 61.6. The first-order chi connectivity index (χ1) is 13.5. The molecule has 13 heteroatoms. The number of hydrogen-bond donors (Lipinski definition) is 1. The molecular weight excluding hydrogens is 413 g/mol. The van der Waals surface area contributed by atoms with Crippen LogP contribution in [0, 0.1) is 0 Å². The standard InChI is InChI=1S/C16H19F3N6O3S/c1-29(27,28)12-6-4-11(5-7-12)25-14(21-22-23-25)9-24-8-2-3-13(24)15(26)20-10-16(17,18)19/h4-7,13H,2-3,8-10H2,1H3,(H,20,26). The Bertz CT molecular complexity index is 975. The molecule has 0 spiro atoms. The molecule has 1 aliphatic rings. The van der Waals surface area contributed by atoms with Crippen molar-refractivity contribution in [3.05, 3.63) is 30.1 Å². The zero-order chi connectivity index (χ0) is 21.2. The van der Waals surface area contributed by atoms with Gasteiger partial charge in [0, 0.05) is 6.26 Å². The van der Waals surface area contributed by atoms with Crippen LogP contribution in [-0.2, 0) is 21.2 Å². The minimum absolute atomic E-state index is 0.150. The Morgan fingerprint density at radius 1 is 1.28 bits per heavy atom. The van der Waals surface area contributed by atoms with Crippen molar-refractivity contribution in [3.8, 4) is 5.69 Å². The van der Waals surface area contributed by atoms with Gasteiger partial charge in [0.25, 0.3) is 0 Å². The summed E-state index contributed by atoms with van der Waals surface area (Å²) in [5.74, 6) is -0.302. The minimum atomic E-state index is -4.47. The molecule has 1 fully saturated rings. The molecule has 1 aliphatic heterocycles. The Kier molecular flexibility index (Phi) is 5.89. The van der Waals surface area contributed by atoms with Crippen LogP contribution in [0.25, 0.3) is 5.69 Å². The number of aromatic nitrogens is 4. The molecule has 0 aliphatic carbocycles. The molecule has 1 atom stereocenters. The van der Waals surface area contributed by atoms with Gasteiger partial charge < -0.3 is 5.32 Å². The fraction of sp³-hybridized carbons (Fsp3) is 0.500. The first-order valence-electron chi connectivity index (χ1n) is 8.71. The van der Waals surface area contributed by atoms with Crippen molar-refractivity contribution in [2.24, 2.45) is 0 Å². The van der Waals surface area contributed by atoms with E-state index in [1.165, 1.54) is 16.8 Å². The molecule has 1 amide bonds. The summed E-state index contributed by atoms with van der Waals surface area (Å²) in [6.45, 7) is -0.699. The van der Waals surface area contributed by atoms with Gasteiger partial charge in [-0.1, -0.05) is 0 Å². The average molecular weight is 432 g/mol. The molecule has 2 aromatic rings. The van der Waals surface area contributed by atoms with Gasteiger partial charge in [0.1, 0.15) is 6.54 Å². The van der Waals surface area contributed by atoms with Crippen molar-refractivity contribution < 1.29 is 26.4 Å². The molecule has 0 saturated carbocycles. The van der Waals surface area contributed by atoms with Gasteiger partial charge in [-0.3, -0.25) is 9.69 Å². The van der Waals surface area contributed by atoms with E-state index in [0.717, 1.165) is 6.26 Å². The van der Waals surface area contributed by atoms with Crippen LogP contribution in [0.3, 0.4) is 0 Å². The number of nitrogens with zero attached hydrogens (tertiary/aromatic N) is 5. The van der Waals surface area contributed by atoms with E-state index >= 15 is 0 Å². The molecule has 158 valence electrons. The van der Waals surface area contributed by atoms with Gasteiger partial charge >= 0.3 is 6.18 Å². The van der Waals surface area contributed by atoms with Crippen LogP contribution < -0.4 is 5.32 Å². The number of amides is 1. The van der Waals surface area contributed by atoms with Gasteiger partial charge in [0.05, 0.1) is 23.2 Å². The third-order valence-electron chi connectivity index (χ3n) is 4.52. The van der Waals surface area contributed by atoms with Gasteiger partial charge in [-0.15, -0.1) is 5.10 Å². The molecule has 9 nitrogen and oxygen atoms in total. The van der Waals surface area contributed by atoms with E-state index in [2.05, 4.69) is 15.5 Å². The lowest BCUT2D eigenvalue weighted by atomic mass is 10.2. The topological polar surface area (TPSA) is 110 Å². The normalized spacial score (nSPS) is 18.1. The summed E-state index contributed by atoms with van der Waals surface area (Å²) in [7, 11) is -3.34. The van der Waals surface area contributed by atoms with E-state index < -0.39 is 34.5 Å². The largest absolute Gasteiger partial charge is 0.405 e. The zero-order valence-corrected chi connectivity index (χ0v) is 16.2. The number of carbonyl (C=O) groups is 1. The van der Waals surface area contributed by atoms with Gasteiger partial charge in [-0.05, 0) is 54.1 Å². The lowest BCUT2D eigenvalue weighted by Gasteiger charge is -2.23. The number of likely N-dealkylation sites (tertiary alicyclic amines) is 1. The van der Waals surface area contributed by atoms with Crippen LogP contribution in [-0.4, -0.2) is 71.0 Å². The number of tetrazole rings is 1. The summed E-state index contributed by atoms with van der Waals surface area (Å²) in [5.41, 5.74) is 0.523. The van der Waals surface area contributed by atoms with Crippen LogP contribution in [0.15, 0.2) is 29.2 Å². The van der Waals surface area contributed by atoms with Gasteiger partial charge in [0.15, 0.2) is 15.7 Å². The number of halogens is 3. The fourth-order valence-corrected chi connectivity index (χ4v) is 3.77. The van der Waals surface area contributed by atoms with Gasteiger partial charge in [-0.25, -0.2) is 8.42 Å². The SMILES string of the molecule is CS(=O)(=O)c1ccc(-n2nnnc2CN2CCCC2C(=O)NCC(F)(F)F)cc1. The maximum absolute atomic E-state index is 12.4. The maximum Gasteiger partial charge on any atom is 0.405 e. The second-order valence-corrected chi connectivity index (χ2v) is 8.75. The summed E-state index contributed by atoms with van der Waals surface area (Å²) in [5, 5.41) is 13.4. The number of nitrogens with one attached hydrogen (secondary N) is 1. The Balaban J connectivity index is 1.73. The number of benzene rings is 1. The number of hydrogen-bond acceptors (Lipinski definition) is 7. The monoisotopic (exact) mass is 432 g/mol. The second-order valence-electron chi connectivity index (χ2n) is 6.73. The highest BCUT2D eigenvalue weighted by Gasteiger charge is 2.34. The third kappa shape index (κ3) is 5.29. The lowest BCUT2D eigenvalue weighted by Crippen LogP contribution is -2.45. The Morgan fingerprint density at radius 3 is 2.59 bits per heavy atom. The third-order valence-corrected chi connectivity index (χ3v) is 5.65. The molecule has 1 aromatic carbocycles. The number of sulfone groups is 1. The van der Waals surface area contributed by atoms with E-state index in [4.69, 9.17) is 0 Å². The number of rotatable bonds is 6. The Labute approximate surface area is 164 Å². The van der Waals surface area contributed by atoms with Crippen molar-refractivity contribution in [2.75, 3.05) is 19.3 Å². The first kappa shape index (κ1) is 21.2. The first-order valence-corrected chi connectivity index (χ1v) is 10.6. The minimum Gasteiger partial charge on any atom is -0.346 e. The van der Waals surface area contributed by atoms with Crippen molar-refractivity contribution in [1.29, 1.82) is 0 Å².